The van der Waals surface area contributed by atoms with E-state index in [1.165, 1.54) is 23.8 Å². The van der Waals surface area contributed by atoms with Gasteiger partial charge in [-0.1, -0.05) is 0 Å². The zero-order chi connectivity index (χ0) is 15.2. The number of carbonyl (C=O) groups excluding carboxylic acids is 1. The van der Waals surface area contributed by atoms with Crippen LogP contribution in [0.2, 0.25) is 0 Å². The van der Waals surface area contributed by atoms with Gasteiger partial charge in [0.1, 0.15) is 5.82 Å². The molecule has 0 aliphatic heterocycles. The van der Waals surface area contributed by atoms with E-state index >= 15 is 0 Å². The zero-order valence-electron chi connectivity index (χ0n) is 11.8. The number of hydrogen-bond acceptors (Lipinski definition) is 4. The molecular formula is C15H18FN3OS. The van der Waals surface area contributed by atoms with E-state index in [1.807, 2.05) is 12.4 Å². The van der Waals surface area contributed by atoms with Crippen molar-refractivity contribution in [3.8, 4) is 0 Å². The first-order valence-electron chi connectivity index (χ1n) is 6.59. The van der Waals surface area contributed by atoms with Crippen molar-refractivity contribution in [2.24, 2.45) is 0 Å². The fourth-order valence-corrected chi connectivity index (χ4v) is 2.58. The molecule has 4 nitrogen and oxygen atoms in total. The van der Waals surface area contributed by atoms with Crippen molar-refractivity contribution in [1.82, 2.24) is 4.90 Å². The Labute approximate surface area is 127 Å². The molecule has 1 heterocycles. The van der Waals surface area contributed by atoms with Crippen LogP contribution < -0.4 is 11.1 Å². The highest BCUT2D eigenvalue weighted by Crippen LogP contribution is 2.17. The lowest BCUT2D eigenvalue weighted by atomic mass is 10.2. The average Bonchev–Trinajstić information content (AvgIpc) is 2.93. The molecule has 0 bridgehead atoms. The summed E-state index contributed by atoms with van der Waals surface area (Å²) >= 11 is 1.65. The number of thiophene rings is 1. The summed E-state index contributed by atoms with van der Waals surface area (Å²) in [4.78, 5) is 13.9. The SMILES string of the molecule is CN(CCC(=O)Nc1cc(N)ccc1F)Cc1ccsc1. The predicted molar refractivity (Wildman–Crippen MR) is 84.7 cm³/mol. The normalized spacial score (nSPS) is 10.8. The van der Waals surface area contributed by atoms with Gasteiger partial charge in [0.25, 0.3) is 0 Å². The lowest BCUT2D eigenvalue weighted by Crippen LogP contribution is -2.24. The van der Waals surface area contributed by atoms with Crippen LogP contribution in [0.5, 0.6) is 0 Å². The summed E-state index contributed by atoms with van der Waals surface area (Å²) in [6.45, 7) is 1.40. The lowest BCUT2D eigenvalue weighted by molar-refractivity contribution is -0.116. The van der Waals surface area contributed by atoms with E-state index < -0.39 is 5.82 Å². The molecule has 1 aromatic heterocycles. The van der Waals surface area contributed by atoms with Crippen LogP contribution in [-0.4, -0.2) is 24.4 Å². The van der Waals surface area contributed by atoms with Crippen LogP contribution in [-0.2, 0) is 11.3 Å². The molecule has 0 spiro atoms. The van der Waals surface area contributed by atoms with Crippen molar-refractivity contribution in [3.05, 3.63) is 46.4 Å². The average molecular weight is 307 g/mol. The molecule has 2 aromatic rings. The third-order valence-corrected chi connectivity index (χ3v) is 3.75. The summed E-state index contributed by atoms with van der Waals surface area (Å²) in [6, 6.07) is 6.18. The molecular weight excluding hydrogens is 289 g/mol. The van der Waals surface area contributed by atoms with Gasteiger partial charge in [-0.3, -0.25) is 4.79 Å². The van der Waals surface area contributed by atoms with Crippen LogP contribution in [0.3, 0.4) is 0 Å². The van der Waals surface area contributed by atoms with E-state index in [2.05, 4.69) is 21.7 Å². The van der Waals surface area contributed by atoms with Gasteiger partial charge in [0.15, 0.2) is 0 Å². The van der Waals surface area contributed by atoms with Gasteiger partial charge in [-0.15, -0.1) is 0 Å². The Hall–Kier alpha value is -1.92. The standard InChI is InChI=1S/C15H18FN3OS/c1-19(9-11-5-7-21-10-11)6-4-15(20)18-14-8-12(17)2-3-13(14)16/h2-3,5,7-8,10H,4,6,9,17H2,1H3,(H,18,20). The fraction of sp³-hybridized carbons (Fsp3) is 0.267. The van der Waals surface area contributed by atoms with Crippen molar-refractivity contribution in [1.29, 1.82) is 0 Å². The molecule has 0 fully saturated rings. The van der Waals surface area contributed by atoms with Crippen molar-refractivity contribution < 1.29 is 9.18 Å². The number of carbonyl (C=O) groups is 1. The topological polar surface area (TPSA) is 58.4 Å². The van der Waals surface area contributed by atoms with Gasteiger partial charge < -0.3 is 16.0 Å². The Kier molecular flexibility index (Phi) is 5.30. The molecule has 1 aromatic carbocycles. The number of halogens is 1. The number of anilines is 2. The van der Waals surface area contributed by atoms with Gasteiger partial charge in [-0.25, -0.2) is 4.39 Å². The van der Waals surface area contributed by atoms with Gasteiger partial charge in [0, 0.05) is 25.2 Å². The maximum absolute atomic E-state index is 13.5. The number of amides is 1. The minimum Gasteiger partial charge on any atom is -0.399 e. The molecule has 21 heavy (non-hydrogen) atoms. The molecule has 3 N–H and O–H groups in total. The van der Waals surface area contributed by atoms with Gasteiger partial charge >= 0.3 is 0 Å². The quantitative estimate of drug-likeness (QED) is 0.807. The maximum Gasteiger partial charge on any atom is 0.225 e. The molecule has 0 saturated carbocycles. The summed E-state index contributed by atoms with van der Waals surface area (Å²) in [7, 11) is 1.95. The van der Waals surface area contributed by atoms with Crippen LogP contribution in [0.1, 0.15) is 12.0 Å². The molecule has 0 aliphatic carbocycles. The van der Waals surface area contributed by atoms with Gasteiger partial charge in [-0.05, 0) is 47.6 Å². The Morgan fingerprint density at radius 1 is 1.43 bits per heavy atom. The summed E-state index contributed by atoms with van der Waals surface area (Å²) in [5, 5.41) is 6.66. The minimum atomic E-state index is -0.482. The summed E-state index contributed by atoms with van der Waals surface area (Å²) in [6.07, 6.45) is 0.300. The predicted octanol–water partition coefficient (Wildman–Crippen LogP) is 2.93. The first kappa shape index (κ1) is 15.5. The van der Waals surface area contributed by atoms with Crippen LogP contribution >= 0.6 is 11.3 Å². The van der Waals surface area contributed by atoms with E-state index in [0.717, 1.165) is 6.54 Å². The van der Waals surface area contributed by atoms with Crippen molar-refractivity contribution in [2.75, 3.05) is 24.6 Å². The van der Waals surface area contributed by atoms with Crippen molar-refractivity contribution in [3.63, 3.8) is 0 Å². The molecule has 0 atom stereocenters. The Morgan fingerprint density at radius 3 is 2.95 bits per heavy atom. The molecule has 2 rings (SSSR count). The van der Waals surface area contributed by atoms with Crippen molar-refractivity contribution in [2.45, 2.75) is 13.0 Å². The zero-order valence-corrected chi connectivity index (χ0v) is 12.6. The summed E-state index contributed by atoms with van der Waals surface area (Å²) in [5.74, 6) is -0.708. The molecule has 6 heteroatoms. The van der Waals surface area contributed by atoms with Crippen LogP contribution in [0.4, 0.5) is 15.8 Å². The van der Waals surface area contributed by atoms with Crippen LogP contribution in [0.15, 0.2) is 35.0 Å². The molecule has 112 valence electrons. The lowest BCUT2D eigenvalue weighted by Gasteiger charge is -2.15. The highest BCUT2D eigenvalue weighted by atomic mass is 32.1. The summed E-state index contributed by atoms with van der Waals surface area (Å²) in [5.41, 5.74) is 7.35. The van der Waals surface area contributed by atoms with E-state index in [-0.39, 0.29) is 11.6 Å². The van der Waals surface area contributed by atoms with Crippen molar-refractivity contribution >= 4 is 28.6 Å². The molecule has 0 saturated heterocycles. The second-order valence-electron chi connectivity index (χ2n) is 4.91. The molecule has 1 amide bonds. The molecule has 0 aliphatic rings. The van der Waals surface area contributed by atoms with Crippen LogP contribution in [0.25, 0.3) is 0 Å². The van der Waals surface area contributed by atoms with E-state index in [4.69, 9.17) is 5.73 Å². The second kappa shape index (κ2) is 7.19. The number of nitrogens with one attached hydrogen (secondary N) is 1. The van der Waals surface area contributed by atoms with Gasteiger partial charge in [0.2, 0.25) is 5.91 Å². The highest BCUT2D eigenvalue weighted by molar-refractivity contribution is 7.07. The van der Waals surface area contributed by atoms with E-state index in [0.29, 0.717) is 18.7 Å². The first-order valence-corrected chi connectivity index (χ1v) is 7.53. The highest BCUT2D eigenvalue weighted by Gasteiger charge is 2.09. The van der Waals surface area contributed by atoms with E-state index in [1.54, 1.807) is 11.3 Å². The number of hydrogen-bond donors (Lipinski definition) is 2. The molecule has 0 unspecified atom stereocenters. The third-order valence-electron chi connectivity index (χ3n) is 3.02. The van der Waals surface area contributed by atoms with Crippen LogP contribution in [0, 0.1) is 5.82 Å². The monoisotopic (exact) mass is 307 g/mol. The van der Waals surface area contributed by atoms with Gasteiger partial charge in [-0.2, -0.15) is 11.3 Å². The summed E-state index contributed by atoms with van der Waals surface area (Å²) < 4.78 is 13.5. The number of benzene rings is 1. The van der Waals surface area contributed by atoms with Gasteiger partial charge in [0.05, 0.1) is 5.69 Å². The Balaban J connectivity index is 1.80. The minimum absolute atomic E-state index is 0.125. The third kappa shape index (κ3) is 4.84. The number of nitrogen functional groups attached to an aromatic ring is 1. The number of nitrogens with zero attached hydrogens (tertiary/aromatic N) is 1. The Morgan fingerprint density at radius 2 is 2.24 bits per heavy atom. The Bertz CT molecular complexity index is 601. The second-order valence-corrected chi connectivity index (χ2v) is 5.69. The first-order chi connectivity index (χ1) is 10.0. The smallest absolute Gasteiger partial charge is 0.225 e. The maximum atomic E-state index is 13.5. The van der Waals surface area contributed by atoms with E-state index in [9.17, 15) is 9.18 Å². The fourth-order valence-electron chi connectivity index (χ4n) is 1.92. The largest absolute Gasteiger partial charge is 0.399 e. The number of rotatable bonds is 6. The number of nitrogens with two attached hydrogens (primary N) is 1. The molecule has 0 radical (unpaired) electrons.